The SMILES string of the molecule is COc1cc(OC)c(C(=O)/C=C/c2ccccc2)cc1Cl. The Morgan fingerprint density at radius 2 is 1.71 bits per heavy atom. The largest absolute Gasteiger partial charge is 0.496 e. The van der Waals surface area contributed by atoms with Crippen molar-refractivity contribution in [2.75, 3.05) is 14.2 Å². The molecule has 0 amide bonds. The summed E-state index contributed by atoms with van der Waals surface area (Å²) in [5.41, 5.74) is 1.35. The molecule has 0 bridgehead atoms. The van der Waals surface area contributed by atoms with Crippen molar-refractivity contribution in [2.45, 2.75) is 0 Å². The molecular weight excluding hydrogens is 288 g/mol. The molecule has 2 aromatic carbocycles. The molecule has 2 rings (SSSR count). The predicted molar refractivity (Wildman–Crippen MR) is 84.4 cm³/mol. The number of methoxy groups -OCH3 is 2. The van der Waals surface area contributed by atoms with Gasteiger partial charge in [-0.05, 0) is 17.7 Å². The first-order valence-electron chi connectivity index (χ1n) is 6.34. The average molecular weight is 303 g/mol. The normalized spacial score (nSPS) is 10.6. The van der Waals surface area contributed by atoms with Crippen LogP contribution in [0.2, 0.25) is 5.02 Å². The van der Waals surface area contributed by atoms with Gasteiger partial charge in [-0.3, -0.25) is 4.79 Å². The number of benzene rings is 2. The zero-order valence-electron chi connectivity index (χ0n) is 11.8. The van der Waals surface area contributed by atoms with Crippen LogP contribution in [0.3, 0.4) is 0 Å². The van der Waals surface area contributed by atoms with Crippen LogP contribution < -0.4 is 9.47 Å². The van der Waals surface area contributed by atoms with Crippen LogP contribution in [-0.2, 0) is 0 Å². The van der Waals surface area contributed by atoms with Crippen LogP contribution in [-0.4, -0.2) is 20.0 Å². The molecule has 0 aliphatic rings. The third-order valence-corrected chi connectivity index (χ3v) is 3.26. The molecular formula is C17H15ClO3. The monoisotopic (exact) mass is 302 g/mol. The number of ether oxygens (including phenoxy) is 2. The first kappa shape index (κ1) is 15.1. The van der Waals surface area contributed by atoms with Crippen LogP contribution in [0.15, 0.2) is 48.5 Å². The minimum absolute atomic E-state index is 0.180. The highest BCUT2D eigenvalue weighted by molar-refractivity contribution is 6.32. The molecule has 0 aliphatic heterocycles. The molecule has 0 radical (unpaired) electrons. The summed E-state index contributed by atoms with van der Waals surface area (Å²) in [5.74, 6) is 0.719. The minimum atomic E-state index is -0.180. The second kappa shape index (κ2) is 6.95. The number of ketones is 1. The summed E-state index contributed by atoms with van der Waals surface area (Å²) in [5, 5.41) is 0.370. The zero-order valence-corrected chi connectivity index (χ0v) is 12.6. The van der Waals surface area contributed by atoms with Crippen molar-refractivity contribution >= 4 is 23.5 Å². The molecule has 0 saturated carbocycles. The molecule has 0 saturated heterocycles. The fraction of sp³-hybridized carbons (Fsp3) is 0.118. The van der Waals surface area contributed by atoms with E-state index in [0.29, 0.717) is 22.1 Å². The highest BCUT2D eigenvalue weighted by Crippen LogP contribution is 2.32. The van der Waals surface area contributed by atoms with E-state index < -0.39 is 0 Å². The third kappa shape index (κ3) is 3.64. The van der Waals surface area contributed by atoms with E-state index in [0.717, 1.165) is 5.56 Å². The van der Waals surface area contributed by atoms with Crippen LogP contribution in [0, 0.1) is 0 Å². The van der Waals surface area contributed by atoms with Gasteiger partial charge >= 0.3 is 0 Å². The Morgan fingerprint density at radius 1 is 1.05 bits per heavy atom. The number of rotatable bonds is 5. The number of allylic oxidation sites excluding steroid dienone is 1. The van der Waals surface area contributed by atoms with Crippen molar-refractivity contribution in [3.8, 4) is 11.5 Å². The second-order valence-corrected chi connectivity index (χ2v) is 4.70. The van der Waals surface area contributed by atoms with Gasteiger partial charge in [-0.25, -0.2) is 0 Å². The van der Waals surface area contributed by atoms with Crippen molar-refractivity contribution in [1.82, 2.24) is 0 Å². The minimum Gasteiger partial charge on any atom is -0.496 e. The maximum absolute atomic E-state index is 12.3. The van der Waals surface area contributed by atoms with Crippen LogP contribution in [0.25, 0.3) is 6.08 Å². The third-order valence-electron chi connectivity index (χ3n) is 2.97. The van der Waals surface area contributed by atoms with Crippen LogP contribution in [0.1, 0.15) is 15.9 Å². The molecule has 0 N–H and O–H groups in total. The summed E-state index contributed by atoms with van der Waals surface area (Å²) < 4.78 is 10.3. The van der Waals surface area contributed by atoms with E-state index in [1.54, 1.807) is 18.2 Å². The van der Waals surface area contributed by atoms with Crippen molar-refractivity contribution < 1.29 is 14.3 Å². The van der Waals surface area contributed by atoms with Crippen molar-refractivity contribution in [2.24, 2.45) is 0 Å². The summed E-state index contributed by atoms with van der Waals surface area (Å²) in [6, 6.07) is 12.7. The Morgan fingerprint density at radius 3 is 2.33 bits per heavy atom. The lowest BCUT2D eigenvalue weighted by atomic mass is 10.1. The van der Waals surface area contributed by atoms with Crippen LogP contribution >= 0.6 is 11.6 Å². The molecule has 0 fully saturated rings. The summed E-state index contributed by atoms with van der Waals surface area (Å²) in [4.78, 5) is 12.3. The van der Waals surface area contributed by atoms with Crippen LogP contribution in [0.5, 0.6) is 11.5 Å². The highest BCUT2D eigenvalue weighted by Gasteiger charge is 2.14. The topological polar surface area (TPSA) is 35.5 Å². The first-order chi connectivity index (χ1) is 10.2. The standard InChI is InChI=1S/C17H15ClO3/c1-20-16-11-17(21-2)14(18)10-13(16)15(19)9-8-12-6-4-3-5-7-12/h3-11H,1-2H3/b9-8+. The Balaban J connectivity index is 2.31. The molecule has 0 atom stereocenters. The van der Waals surface area contributed by atoms with Crippen LogP contribution in [0.4, 0.5) is 0 Å². The van der Waals surface area contributed by atoms with Gasteiger partial charge in [-0.1, -0.05) is 48.0 Å². The first-order valence-corrected chi connectivity index (χ1v) is 6.72. The van der Waals surface area contributed by atoms with Gasteiger partial charge in [0.1, 0.15) is 11.5 Å². The predicted octanol–water partition coefficient (Wildman–Crippen LogP) is 4.25. The molecule has 108 valence electrons. The van der Waals surface area contributed by atoms with E-state index in [2.05, 4.69) is 0 Å². The van der Waals surface area contributed by atoms with Gasteiger partial charge in [0.15, 0.2) is 5.78 Å². The van der Waals surface area contributed by atoms with E-state index in [-0.39, 0.29) is 5.78 Å². The molecule has 2 aromatic rings. The lowest BCUT2D eigenvalue weighted by Gasteiger charge is -2.10. The maximum atomic E-state index is 12.3. The van der Waals surface area contributed by atoms with Gasteiger partial charge < -0.3 is 9.47 Å². The van der Waals surface area contributed by atoms with Gasteiger partial charge in [0, 0.05) is 6.07 Å². The smallest absolute Gasteiger partial charge is 0.189 e. The van der Waals surface area contributed by atoms with Gasteiger partial charge in [0.25, 0.3) is 0 Å². The lowest BCUT2D eigenvalue weighted by Crippen LogP contribution is -2.00. The fourth-order valence-electron chi connectivity index (χ4n) is 1.88. The maximum Gasteiger partial charge on any atom is 0.189 e. The Labute approximate surface area is 128 Å². The molecule has 0 aliphatic carbocycles. The summed E-state index contributed by atoms with van der Waals surface area (Å²) in [6.45, 7) is 0. The Bertz CT molecular complexity index is 663. The average Bonchev–Trinajstić information content (AvgIpc) is 2.53. The summed E-state index contributed by atoms with van der Waals surface area (Å²) in [6.07, 6.45) is 3.25. The number of carbonyl (C=O) groups excluding carboxylic acids is 1. The Kier molecular flexibility index (Phi) is 5.01. The fourth-order valence-corrected chi connectivity index (χ4v) is 2.12. The van der Waals surface area contributed by atoms with E-state index in [4.69, 9.17) is 21.1 Å². The van der Waals surface area contributed by atoms with Gasteiger partial charge in [0.2, 0.25) is 0 Å². The highest BCUT2D eigenvalue weighted by atomic mass is 35.5. The van der Waals surface area contributed by atoms with Gasteiger partial charge in [-0.15, -0.1) is 0 Å². The quantitative estimate of drug-likeness (QED) is 0.612. The van der Waals surface area contributed by atoms with E-state index >= 15 is 0 Å². The second-order valence-electron chi connectivity index (χ2n) is 4.30. The van der Waals surface area contributed by atoms with Gasteiger partial charge in [0.05, 0.1) is 24.8 Å². The molecule has 21 heavy (non-hydrogen) atoms. The van der Waals surface area contributed by atoms with E-state index in [9.17, 15) is 4.79 Å². The molecule has 0 unspecified atom stereocenters. The summed E-state index contributed by atoms with van der Waals surface area (Å²) >= 11 is 6.06. The summed E-state index contributed by atoms with van der Waals surface area (Å²) in [7, 11) is 3.01. The number of carbonyl (C=O) groups is 1. The number of halogens is 1. The molecule has 0 heterocycles. The number of hydrogen-bond donors (Lipinski definition) is 0. The van der Waals surface area contributed by atoms with Gasteiger partial charge in [-0.2, -0.15) is 0 Å². The Hall–Kier alpha value is -2.26. The van der Waals surface area contributed by atoms with Crippen molar-refractivity contribution in [3.63, 3.8) is 0 Å². The molecule has 0 spiro atoms. The zero-order chi connectivity index (χ0) is 15.2. The number of hydrogen-bond acceptors (Lipinski definition) is 3. The lowest BCUT2D eigenvalue weighted by molar-refractivity contribution is 0.104. The van der Waals surface area contributed by atoms with Crippen molar-refractivity contribution in [3.05, 3.63) is 64.7 Å². The molecule has 4 heteroatoms. The van der Waals surface area contributed by atoms with E-state index in [1.165, 1.54) is 20.3 Å². The molecule has 0 aromatic heterocycles. The van der Waals surface area contributed by atoms with Crippen molar-refractivity contribution in [1.29, 1.82) is 0 Å². The van der Waals surface area contributed by atoms with E-state index in [1.807, 2.05) is 30.3 Å². The molecule has 3 nitrogen and oxygen atoms in total.